The predicted molar refractivity (Wildman–Crippen MR) is 109 cm³/mol. The van der Waals surface area contributed by atoms with E-state index in [1.807, 2.05) is 23.6 Å². The minimum absolute atomic E-state index is 0.199. The van der Waals surface area contributed by atoms with Crippen molar-refractivity contribution in [3.8, 4) is 11.5 Å². The van der Waals surface area contributed by atoms with Gasteiger partial charge in [-0.15, -0.1) is 11.3 Å². The summed E-state index contributed by atoms with van der Waals surface area (Å²) in [7, 11) is 2.20. The number of likely N-dealkylation sites (tertiary alicyclic amines) is 1. The Bertz CT molecular complexity index is 1020. The second-order valence-electron chi connectivity index (χ2n) is 8.81. The Hall–Kier alpha value is -2.18. The molecule has 6 rings (SSSR count). The van der Waals surface area contributed by atoms with Crippen LogP contribution in [0.2, 0.25) is 0 Å². The van der Waals surface area contributed by atoms with Crippen LogP contribution in [0, 0.1) is 5.92 Å². The van der Waals surface area contributed by atoms with Crippen molar-refractivity contribution >= 4 is 23.1 Å². The highest BCUT2D eigenvalue weighted by Gasteiger charge is 2.65. The SMILES string of the molecule is CN1CCC23c4c5ccc(OC(=O)Cc6cccs6)c4O[C@H]2C(=O)CCC3C1C5. The molecule has 3 heterocycles. The van der Waals surface area contributed by atoms with Crippen LogP contribution in [0.15, 0.2) is 29.6 Å². The summed E-state index contributed by atoms with van der Waals surface area (Å²) in [6, 6.07) is 8.26. The standard InChI is InChI=1S/C23H23NO4S/c1-24-9-8-23-15-5-6-17(25)22(23)28-21-18(7-4-13(20(21)23)11-16(15)24)27-19(26)12-14-3-2-10-29-14/h2-4,7,10,15-16,22H,5-6,8-9,11-12H2,1H3/t15?,16?,22-,23?/m0/s1. The second-order valence-corrected chi connectivity index (χ2v) is 9.84. The van der Waals surface area contributed by atoms with Gasteiger partial charge in [0.1, 0.15) is 0 Å². The van der Waals surface area contributed by atoms with Gasteiger partial charge in [0.05, 0.1) is 6.42 Å². The van der Waals surface area contributed by atoms with E-state index >= 15 is 0 Å². The molecule has 5 nitrogen and oxygen atoms in total. The van der Waals surface area contributed by atoms with Crippen molar-refractivity contribution < 1.29 is 19.1 Å². The van der Waals surface area contributed by atoms with Crippen molar-refractivity contribution in [1.29, 1.82) is 0 Å². The zero-order valence-electron chi connectivity index (χ0n) is 16.3. The number of carbonyl (C=O) groups excluding carboxylic acids is 2. The highest BCUT2D eigenvalue weighted by Crippen LogP contribution is 2.63. The predicted octanol–water partition coefficient (Wildman–Crippen LogP) is 3.13. The number of thiophene rings is 1. The summed E-state index contributed by atoms with van der Waals surface area (Å²) in [5.41, 5.74) is 2.17. The molecular weight excluding hydrogens is 386 g/mol. The molecule has 1 aromatic heterocycles. The molecule has 0 N–H and O–H groups in total. The Labute approximate surface area is 173 Å². The van der Waals surface area contributed by atoms with Gasteiger partial charge in [-0.2, -0.15) is 0 Å². The van der Waals surface area contributed by atoms with Crippen LogP contribution in [0.25, 0.3) is 0 Å². The van der Waals surface area contributed by atoms with E-state index in [1.54, 1.807) is 11.3 Å². The van der Waals surface area contributed by atoms with Crippen LogP contribution in [-0.2, 0) is 27.8 Å². The van der Waals surface area contributed by atoms with E-state index in [1.165, 1.54) is 5.56 Å². The van der Waals surface area contributed by atoms with Crippen LogP contribution in [0.1, 0.15) is 35.3 Å². The highest BCUT2D eigenvalue weighted by molar-refractivity contribution is 7.10. The molecule has 29 heavy (non-hydrogen) atoms. The number of benzene rings is 1. The maximum atomic E-state index is 12.9. The summed E-state index contributed by atoms with van der Waals surface area (Å²) in [4.78, 5) is 28.9. The van der Waals surface area contributed by atoms with Gasteiger partial charge in [-0.05, 0) is 61.8 Å². The first-order valence-corrected chi connectivity index (χ1v) is 11.2. The summed E-state index contributed by atoms with van der Waals surface area (Å²) in [5, 5.41) is 1.95. The van der Waals surface area contributed by atoms with Gasteiger partial charge >= 0.3 is 5.97 Å². The number of rotatable bonds is 3. The number of esters is 1. The molecular formula is C23H23NO4S. The summed E-state index contributed by atoms with van der Waals surface area (Å²) >= 11 is 1.55. The molecule has 2 aromatic rings. The fraction of sp³-hybridized carbons (Fsp3) is 0.478. The summed E-state index contributed by atoms with van der Waals surface area (Å²) in [6.45, 7) is 0.968. The summed E-state index contributed by atoms with van der Waals surface area (Å²) < 4.78 is 12.1. The molecule has 150 valence electrons. The van der Waals surface area contributed by atoms with Crippen LogP contribution in [-0.4, -0.2) is 42.4 Å². The minimum Gasteiger partial charge on any atom is -0.477 e. The van der Waals surface area contributed by atoms with Gasteiger partial charge in [0.25, 0.3) is 0 Å². The lowest BCUT2D eigenvalue weighted by atomic mass is 9.52. The number of Topliss-reactive ketones (excluding diaryl/α,β-unsaturated/α-hetero) is 1. The van der Waals surface area contributed by atoms with E-state index in [0.29, 0.717) is 29.9 Å². The lowest BCUT2D eigenvalue weighted by molar-refractivity contribution is -0.138. The summed E-state index contributed by atoms with van der Waals surface area (Å²) in [5.74, 6) is 1.45. The van der Waals surface area contributed by atoms with E-state index in [9.17, 15) is 9.59 Å². The van der Waals surface area contributed by atoms with E-state index in [4.69, 9.17) is 9.47 Å². The molecule has 4 atom stereocenters. The highest BCUT2D eigenvalue weighted by atomic mass is 32.1. The Balaban J connectivity index is 1.42. The van der Waals surface area contributed by atoms with Gasteiger partial charge in [0, 0.05) is 28.3 Å². The van der Waals surface area contributed by atoms with E-state index < -0.39 is 6.10 Å². The zero-order chi connectivity index (χ0) is 19.8. The fourth-order valence-electron chi connectivity index (χ4n) is 6.30. The number of ether oxygens (including phenoxy) is 2. The topological polar surface area (TPSA) is 55.8 Å². The Morgan fingerprint density at radius 1 is 1.38 bits per heavy atom. The first kappa shape index (κ1) is 17.7. The minimum atomic E-state index is -0.427. The molecule has 2 aliphatic heterocycles. The first-order valence-electron chi connectivity index (χ1n) is 10.4. The number of nitrogens with zero attached hydrogens (tertiary/aromatic N) is 1. The number of likely N-dealkylation sites (N-methyl/N-ethyl adjacent to an activating group) is 1. The molecule has 0 amide bonds. The van der Waals surface area contributed by atoms with Gasteiger partial charge in [0.2, 0.25) is 0 Å². The third kappa shape index (κ3) is 2.36. The molecule has 0 radical (unpaired) electrons. The van der Waals surface area contributed by atoms with Crippen LogP contribution >= 0.6 is 11.3 Å². The third-order valence-electron chi connectivity index (χ3n) is 7.49. The molecule has 1 spiro atoms. The van der Waals surface area contributed by atoms with Crippen molar-refractivity contribution in [3.05, 3.63) is 45.6 Å². The number of hydrogen-bond donors (Lipinski definition) is 0. The summed E-state index contributed by atoms with van der Waals surface area (Å²) in [6.07, 6.45) is 3.22. The largest absolute Gasteiger partial charge is 0.477 e. The average molecular weight is 410 g/mol. The average Bonchev–Trinajstić information content (AvgIpc) is 3.33. The lowest BCUT2D eigenvalue weighted by Gasteiger charge is -2.57. The van der Waals surface area contributed by atoms with Gasteiger partial charge in [-0.25, -0.2) is 0 Å². The van der Waals surface area contributed by atoms with Gasteiger partial charge in [-0.1, -0.05) is 12.1 Å². The second kappa shape index (κ2) is 6.16. The van der Waals surface area contributed by atoms with Gasteiger partial charge in [0.15, 0.2) is 23.4 Å². The van der Waals surface area contributed by atoms with E-state index in [0.717, 1.165) is 36.2 Å². The Morgan fingerprint density at radius 2 is 2.28 bits per heavy atom. The zero-order valence-corrected chi connectivity index (χ0v) is 17.2. The number of piperidine rings is 1. The maximum absolute atomic E-state index is 12.9. The number of carbonyl (C=O) groups is 2. The van der Waals surface area contributed by atoms with Crippen molar-refractivity contribution in [1.82, 2.24) is 4.90 Å². The molecule has 4 aliphatic rings. The van der Waals surface area contributed by atoms with Crippen LogP contribution in [0.5, 0.6) is 11.5 Å². The maximum Gasteiger partial charge on any atom is 0.316 e. The fourth-order valence-corrected chi connectivity index (χ4v) is 6.99. The molecule has 2 aliphatic carbocycles. The third-order valence-corrected chi connectivity index (χ3v) is 8.37. The van der Waals surface area contributed by atoms with Crippen molar-refractivity contribution in [2.75, 3.05) is 13.6 Å². The Kier molecular flexibility index (Phi) is 3.75. The first-order chi connectivity index (χ1) is 14.1. The molecule has 2 fully saturated rings. The van der Waals surface area contributed by atoms with Crippen molar-refractivity contribution in [2.45, 2.75) is 49.7 Å². The van der Waals surface area contributed by atoms with E-state index in [-0.39, 0.29) is 23.6 Å². The van der Waals surface area contributed by atoms with Crippen molar-refractivity contribution in [2.24, 2.45) is 5.92 Å². The van der Waals surface area contributed by atoms with Gasteiger partial charge < -0.3 is 14.4 Å². The molecule has 6 heteroatoms. The molecule has 1 saturated carbocycles. The smallest absolute Gasteiger partial charge is 0.316 e. The lowest BCUT2D eigenvalue weighted by Crippen LogP contribution is -2.65. The van der Waals surface area contributed by atoms with Crippen LogP contribution in [0.4, 0.5) is 0 Å². The quantitative estimate of drug-likeness (QED) is 0.576. The Morgan fingerprint density at radius 3 is 3.10 bits per heavy atom. The number of ketones is 1. The number of hydrogen-bond acceptors (Lipinski definition) is 6. The normalized spacial score (nSPS) is 31.9. The van der Waals surface area contributed by atoms with Crippen LogP contribution in [0.3, 0.4) is 0 Å². The molecule has 1 saturated heterocycles. The molecule has 3 unspecified atom stereocenters. The van der Waals surface area contributed by atoms with Gasteiger partial charge in [-0.3, -0.25) is 9.59 Å². The van der Waals surface area contributed by atoms with Crippen LogP contribution < -0.4 is 9.47 Å². The monoisotopic (exact) mass is 409 g/mol. The van der Waals surface area contributed by atoms with Crippen molar-refractivity contribution in [3.63, 3.8) is 0 Å². The van der Waals surface area contributed by atoms with E-state index in [2.05, 4.69) is 18.0 Å². The molecule has 1 aromatic carbocycles. The molecule has 2 bridgehead atoms.